The lowest BCUT2D eigenvalue weighted by molar-refractivity contribution is 0.0764. The molecule has 0 aliphatic rings. The third-order valence-electron chi connectivity index (χ3n) is 4.12. The van der Waals surface area contributed by atoms with Crippen LogP contribution in [0.3, 0.4) is 0 Å². The predicted octanol–water partition coefficient (Wildman–Crippen LogP) is 4.67. The number of rotatable bonds is 5. The average molecular weight is 324 g/mol. The number of aromatic amines is 1. The van der Waals surface area contributed by atoms with Gasteiger partial charge in [0.2, 0.25) is 0 Å². The van der Waals surface area contributed by atoms with Gasteiger partial charge in [-0.15, -0.1) is 17.9 Å². The maximum Gasteiger partial charge on any atom is 0.254 e. The largest absolute Gasteiger partial charge is 0.358 e. The number of benzene rings is 1. The van der Waals surface area contributed by atoms with Gasteiger partial charge in [0.1, 0.15) is 0 Å². The van der Waals surface area contributed by atoms with E-state index >= 15 is 0 Å². The number of aryl methyl sites for hydroxylation is 2. The molecule has 0 aliphatic heterocycles. The molecule has 0 spiro atoms. The van der Waals surface area contributed by atoms with Crippen LogP contribution < -0.4 is 0 Å². The standard InChI is InChI=1S/C19H20N2OS/c1-4-9-21(12-16-6-5-10-23-16)19(22)15-7-8-18-17(11-15)13(2)14(3)20-18/h4-8,10-11,20H,1,9,12H2,2-3H3. The van der Waals surface area contributed by atoms with E-state index in [9.17, 15) is 4.79 Å². The Morgan fingerprint density at radius 1 is 1.35 bits per heavy atom. The summed E-state index contributed by atoms with van der Waals surface area (Å²) >= 11 is 1.66. The number of nitrogens with one attached hydrogen (secondary N) is 1. The third kappa shape index (κ3) is 3.08. The first kappa shape index (κ1) is 15.6. The fraction of sp³-hybridized carbons (Fsp3) is 0.211. The number of H-pyrrole nitrogens is 1. The first-order valence-corrected chi connectivity index (χ1v) is 8.49. The summed E-state index contributed by atoms with van der Waals surface area (Å²) in [5.41, 5.74) is 4.14. The van der Waals surface area contributed by atoms with E-state index in [-0.39, 0.29) is 5.91 Å². The van der Waals surface area contributed by atoms with Crippen LogP contribution in [0.5, 0.6) is 0 Å². The molecule has 4 heteroatoms. The molecule has 0 bridgehead atoms. The number of hydrogen-bond donors (Lipinski definition) is 1. The fourth-order valence-corrected chi connectivity index (χ4v) is 3.46. The minimum absolute atomic E-state index is 0.0402. The van der Waals surface area contributed by atoms with E-state index in [1.54, 1.807) is 17.4 Å². The quantitative estimate of drug-likeness (QED) is 0.680. The minimum Gasteiger partial charge on any atom is -0.358 e. The van der Waals surface area contributed by atoms with Crippen molar-refractivity contribution in [3.05, 3.63) is 70.1 Å². The van der Waals surface area contributed by atoms with Crippen LogP contribution in [0.2, 0.25) is 0 Å². The second-order valence-corrected chi connectivity index (χ2v) is 6.72. The van der Waals surface area contributed by atoms with E-state index in [2.05, 4.69) is 31.5 Å². The molecule has 0 atom stereocenters. The van der Waals surface area contributed by atoms with Gasteiger partial charge in [-0.3, -0.25) is 4.79 Å². The Balaban J connectivity index is 1.92. The van der Waals surface area contributed by atoms with Crippen molar-refractivity contribution in [1.29, 1.82) is 0 Å². The molecule has 0 unspecified atom stereocenters. The number of aromatic nitrogens is 1. The van der Waals surface area contributed by atoms with Crippen LogP contribution >= 0.6 is 11.3 Å². The molecule has 23 heavy (non-hydrogen) atoms. The monoisotopic (exact) mass is 324 g/mol. The fourth-order valence-electron chi connectivity index (χ4n) is 2.74. The number of carbonyl (C=O) groups excluding carboxylic acids is 1. The van der Waals surface area contributed by atoms with E-state index in [1.165, 1.54) is 10.4 Å². The topological polar surface area (TPSA) is 36.1 Å². The van der Waals surface area contributed by atoms with Gasteiger partial charge in [0, 0.05) is 33.6 Å². The molecule has 3 nitrogen and oxygen atoms in total. The van der Waals surface area contributed by atoms with Crippen molar-refractivity contribution in [2.24, 2.45) is 0 Å². The Bertz CT molecular complexity index is 846. The Morgan fingerprint density at radius 3 is 2.87 bits per heavy atom. The normalized spacial score (nSPS) is 10.9. The molecule has 1 N–H and O–H groups in total. The molecular formula is C19H20N2OS. The van der Waals surface area contributed by atoms with Crippen molar-refractivity contribution >= 4 is 28.1 Å². The van der Waals surface area contributed by atoms with Gasteiger partial charge in [-0.2, -0.15) is 0 Å². The van der Waals surface area contributed by atoms with E-state index in [0.29, 0.717) is 13.1 Å². The minimum atomic E-state index is 0.0402. The number of thiophene rings is 1. The molecule has 118 valence electrons. The van der Waals surface area contributed by atoms with E-state index in [4.69, 9.17) is 0 Å². The van der Waals surface area contributed by atoms with Crippen LogP contribution in [-0.4, -0.2) is 22.3 Å². The molecule has 3 rings (SSSR count). The summed E-state index contributed by atoms with van der Waals surface area (Å²) in [7, 11) is 0. The number of nitrogens with zero attached hydrogens (tertiary/aromatic N) is 1. The lowest BCUT2D eigenvalue weighted by atomic mass is 10.1. The zero-order chi connectivity index (χ0) is 16.4. The lowest BCUT2D eigenvalue weighted by Crippen LogP contribution is -2.30. The molecule has 0 saturated carbocycles. The van der Waals surface area contributed by atoms with Crippen LogP contribution in [0.1, 0.15) is 26.5 Å². The summed E-state index contributed by atoms with van der Waals surface area (Å²) in [5, 5.41) is 3.15. The van der Waals surface area contributed by atoms with Crippen LogP contribution in [0.25, 0.3) is 10.9 Å². The van der Waals surface area contributed by atoms with Gasteiger partial charge in [-0.05, 0) is 49.1 Å². The summed E-state index contributed by atoms with van der Waals surface area (Å²) in [6.45, 7) is 9.07. The SMILES string of the molecule is C=CCN(Cc1cccs1)C(=O)c1ccc2[nH]c(C)c(C)c2c1. The van der Waals surface area contributed by atoms with Gasteiger partial charge >= 0.3 is 0 Å². The second kappa shape index (κ2) is 6.42. The van der Waals surface area contributed by atoms with E-state index < -0.39 is 0 Å². The van der Waals surface area contributed by atoms with Crippen molar-refractivity contribution in [3.63, 3.8) is 0 Å². The molecule has 2 heterocycles. The van der Waals surface area contributed by atoms with Crippen molar-refractivity contribution < 1.29 is 4.79 Å². The molecule has 0 saturated heterocycles. The zero-order valence-corrected chi connectivity index (χ0v) is 14.2. The summed E-state index contributed by atoms with van der Waals surface area (Å²) in [6.07, 6.45) is 1.77. The summed E-state index contributed by atoms with van der Waals surface area (Å²) < 4.78 is 0. The van der Waals surface area contributed by atoms with Crippen molar-refractivity contribution in [2.45, 2.75) is 20.4 Å². The maximum atomic E-state index is 12.9. The van der Waals surface area contributed by atoms with Crippen LogP contribution in [-0.2, 0) is 6.54 Å². The predicted molar refractivity (Wildman–Crippen MR) is 97.0 cm³/mol. The van der Waals surface area contributed by atoms with Crippen LogP contribution in [0.15, 0.2) is 48.4 Å². The average Bonchev–Trinajstić information content (AvgIpc) is 3.15. The van der Waals surface area contributed by atoms with Crippen molar-refractivity contribution in [2.75, 3.05) is 6.54 Å². The Morgan fingerprint density at radius 2 is 2.17 bits per heavy atom. The summed E-state index contributed by atoms with van der Waals surface area (Å²) in [6, 6.07) is 9.93. The molecule has 1 aromatic carbocycles. The second-order valence-electron chi connectivity index (χ2n) is 5.69. The van der Waals surface area contributed by atoms with E-state index in [0.717, 1.165) is 22.2 Å². The van der Waals surface area contributed by atoms with Gasteiger partial charge in [0.25, 0.3) is 5.91 Å². The smallest absolute Gasteiger partial charge is 0.254 e. The van der Waals surface area contributed by atoms with Crippen LogP contribution in [0, 0.1) is 13.8 Å². The van der Waals surface area contributed by atoms with E-state index in [1.807, 2.05) is 34.5 Å². The number of carbonyl (C=O) groups is 1. The Labute approximate surface area is 140 Å². The highest BCUT2D eigenvalue weighted by Crippen LogP contribution is 2.23. The molecule has 0 radical (unpaired) electrons. The maximum absolute atomic E-state index is 12.9. The molecule has 1 amide bonds. The van der Waals surface area contributed by atoms with Gasteiger partial charge in [0.05, 0.1) is 6.54 Å². The molecular weight excluding hydrogens is 304 g/mol. The number of amides is 1. The Hall–Kier alpha value is -2.33. The summed E-state index contributed by atoms with van der Waals surface area (Å²) in [4.78, 5) is 19.2. The zero-order valence-electron chi connectivity index (χ0n) is 13.4. The van der Waals surface area contributed by atoms with Gasteiger partial charge in [-0.25, -0.2) is 0 Å². The molecule has 0 aliphatic carbocycles. The summed E-state index contributed by atoms with van der Waals surface area (Å²) in [5.74, 6) is 0.0402. The van der Waals surface area contributed by atoms with Crippen molar-refractivity contribution in [3.8, 4) is 0 Å². The number of hydrogen-bond acceptors (Lipinski definition) is 2. The van der Waals surface area contributed by atoms with Gasteiger partial charge < -0.3 is 9.88 Å². The first-order valence-electron chi connectivity index (χ1n) is 7.61. The Kier molecular flexibility index (Phi) is 4.35. The molecule has 2 aromatic heterocycles. The third-order valence-corrected chi connectivity index (χ3v) is 4.98. The highest BCUT2D eigenvalue weighted by molar-refractivity contribution is 7.09. The van der Waals surface area contributed by atoms with Gasteiger partial charge in [-0.1, -0.05) is 12.1 Å². The van der Waals surface area contributed by atoms with Crippen molar-refractivity contribution in [1.82, 2.24) is 9.88 Å². The highest BCUT2D eigenvalue weighted by Gasteiger charge is 2.17. The molecule has 3 aromatic rings. The number of fused-ring (bicyclic) bond motifs is 1. The lowest BCUT2D eigenvalue weighted by Gasteiger charge is -2.20. The highest BCUT2D eigenvalue weighted by atomic mass is 32.1. The molecule has 0 fully saturated rings. The van der Waals surface area contributed by atoms with Crippen LogP contribution in [0.4, 0.5) is 0 Å². The first-order chi connectivity index (χ1) is 11.1. The van der Waals surface area contributed by atoms with Gasteiger partial charge in [0.15, 0.2) is 0 Å².